The zero-order valence-electron chi connectivity index (χ0n) is 9.48. The maximum absolute atomic E-state index is 5.88. The molecule has 2 N–H and O–H groups in total. The Labute approximate surface area is 109 Å². The number of benzene rings is 1. The summed E-state index contributed by atoms with van der Waals surface area (Å²) in [6, 6.07) is 8.22. The highest BCUT2D eigenvalue weighted by Gasteiger charge is 2.04. The average Bonchev–Trinajstić information content (AvgIpc) is 2.35. The maximum atomic E-state index is 5.88. The van der Waals surface area contributed by atoms with E-state index in [2.05, 4.69) is 39.3 Å². The smallest absolute Gasteiger partial charge is 0.195 e. The molecule has 0 saturated heterocycles. The van der Waals surface area contributed by atoms with Gasteiger partial charge in [0, 0.05) is 23.0 Å². The molecule has 0 aliphatic rings. The van der Waals surface area contributed by atoms with Crippen LogP contribution >= 0.6 is 27.7 Å². The molecular formula is C11H16BrN3S. The van der Waals surface area contributed by atoms with Crippen molar-refractivity contribution in [1.82, 2.24) is 0 Å². The van der Waals surface area contributed by atoms with Gasteiger partial charge in [0.2, 0.25) is 0 Å². The number of nitrogens with zero attached hydrogens (tertiary/aromatic N) is 2. The van der Waals surface area contributed by atoms with Crippen LogP contribution in [-0.4, -0.2) is 31.1 Å². The number of hydrogen-bond acceptors (Lipinski definition) is 2. The van der Waals surface area contributed by atoms with E-state index in [0.29, 0.717) is 12.5 Å². The number of guanidine groups is 1. The number of alkyl halides is 1. The molecule has 0 heterocycles. The minimum Gasteiger partial charge on any atom is -0.370 e. The summed E-state index contributed by atoms with van der Waals surface area (Å²) < 4.78 is 0. The topological polar surface area (TPSA) is 41.6 Å². The Morgan fingerprint density at radius 1 is 1.56 bits per heavy atom. The fourth-order valence-corrected chi connectivity index (χ4v) is 1.84. The molecule has 0 aliphatic carbocycles. The minimum absolute atomic E-state index is 0.540. The van der Waals surface area contributed by atoms with Crippen molar-refractivity contribution < 1.29 is 0 Å². The normalized spacial score (nSPS) is 11.6. The van der Waals surface area contributed by atoms with Crippen LogP contribution in [0.25, 0.3) is 0 Å². The summed E-state index contributed by atoms with van der Waals surface area (Å²) in [5, 5.41) is 0.826. The quantitative estimate of drug-likeness (QED) is 0.402. The molecule has 0 radical (unpaired) electrons. The molecule has 88 valence electrons. The Morgan fingerprint density at radius 2 is 2.31 bits per heavy atom. The fourth-order valence-electron chi connectivity index (χ4n) is 1.21. The van der Waals surface area contributed by atoms with Crippen molar-refractivity contribution in [3.63, 3.8) is 0 Å². The lowest BCUT2D eigenvalue weighted by Crippen LogP contribution is -2.34. The van der Waals surface area contributed by atoms with E-state index in [-0.39, 0.29) is 0 Å². The third kappa shape index (κ3) is 3.72. The largest absolute Gasteiger partial charge is 0.370 e. The molecule has 0 atom stereocenters. The molecular weight excluding hydrogens is 286 g/mol. The Balaban J connectivity index is 2.82. The van der Waals surface area contributed by atoms with Crippen molar-refractivity contribution in [3.8, 4) is 0 Å². The molecule has 0 aliphatic heterocycles. The first-order valence-electron chi connectivity index (χ1n) is 4.92. The Morgan fingerprint density at radius 3 is 2.94 bits per heavy atom. The monoisotopic (exact) mass is 301 g/mol. The van der Waals surface area contributed by atoms with E-state index in [0.717, 1.165) is 11.0 Å². The molecule has 0 amide bonds. The van der Waals surface area contributed by atoms with Crippen LogP contribution < -0.4 is 10.6 Å². The highest BCUT2D eigenvalue weighted by molar-refractivity contribution is 9.09. The van der Waals surface area contributed by atoms with Gasteiger partial charge in [-0.1, -0.05) is 22.0 Å². The number of hydrogen-bond donors (Lipinski definition) is 1. The molecule has 3 nitrogen and oxygen atoms in total. The number of rotatable bonds is 4. The molecule has 0 unspecified atom stereocenters. The number of halogens is 1. The molecule has 1 aromatic rings. The van der Waals surface area contributed by atoms with Crippen LogP contribution in [0.5, 0.6) is 0 Å². The molecule has 0 aromatic heterocycles. The molecule has 0 fully saturated rings. The molecule has 5 heteroatoms. The zero-order chi connectivity index (χ0) is 12.0. The molecule has 0 saturated carbocycles. The van der Waals surface area contributed by atoms with Crippen molar-refractivity contribution in [2.45, 2.75) is 4.90 Å². The SMILES string of the molecule is CSc1cccc(N(C)C(N)=NCCBr)c1. The number of thioether (sulfide) groups is 1. The van der Waals surface area contributed by atoms with E-state index in [1.54, 1.807) is 11.8 Å². The van der Waals surface area contributed by atoms with Gasteiger partial charge in [0.15, 0.2) is 5.96 Å². The van der Waals surface area contributed by atoms with Crippen LogP contribution in [0.15, 0.2) is 34.2 Å². The van der Waals surface area contributed by atoms with E-state index in [4.69, 9.17) is 5.73 Å². The van der Waals surface area contributed by atoms with Crippen molar-refractivity contribution >= 4 is 39.3 Å². The lowest BCUT2D eigenvalue weighted by Gasteiger charge is -2.18. The van der Waals surface area contributed by atoms with E-state index < -0.39 is 0 Å². The number of anilines is 1. The van der Waals surface area contributed by atoms with Gasteiger partial charge >= 0.3 is 0 Å². The first-order chi connectivity index (χ1) is 7.69. The average molecular weight is 302 g/mol. The Bertz CT molecular complexity index is 368. The van der Waals surface area contributed by atoms with Gasteiger partial charge in [0.05, 0.1) is 6.54 Å². The highest BCUT2D eigenvalue weighted by atomic mass is 79.9. The lowest BCUT2D eigenvalue weighted by molar-refractivity contribution is 1.10. The summed E-state index contributed by atoms with van der Waals surface area (Å²) in [5.41, 5.74) is 6.93. The van der Waals surface area contributed by atoms with Gasteiger partial charge in [0.25, 0.3) is 0 Å². The van der Waals surface area contributed by atoms with Gasteiger partial charge < -0.3 is 10.6 Å². The molecule has 0 bridgehead atoms. The molecule has 1 aromatic carbocycles. The van der Waals surface area contributed by atoms with Gasteiger partial charge in [0.1, 0.15) is 0 Å². The van der Waals surface area contributed by atoms with Gasteiger partial charge in [-0.15, -0.1) is 11.8 Å². The summed E-state index contributed by atoms with van der Waals surface area (Å²) in [7, 11) is 1.92. The van der Waals surface area contributed by atoms with Crippen LogP contribution in [0, 0.1) is 0 Å². The second-order valence-electron chi connectivity index (χ2n) is 3.19. The van der Waals surface area contributed by atoms with E-state index >= 15 is 0 Å². The summed E-state index contributed by atoms with van der Waals surface area (Å²) in [5.74, 6) is 0.540. The summed E-state index contributed by atoms with van der Waals surface area (Å²) in [6.45, 7) is 0.693. The van der Waals surface area contributed by atoms with Crippen molar-refractivity contribution in [1.29, 1.82) is 0 Å². The van der Waals surface area contributed by atoms with Gasteiger partial charge in [-0.3, -0.25) is 4.99 Å². The van der Waals surface area contributed by atoms with Gasteiger partial charge in [-0.2, -0.15) is 0 Å². The minimum atomic E-state index is 0.540. The first-order valence-corrected chi connectivity index (χ1v) is 7.27. The van der Waals surface area contributed by atoms with Crippen LogP contribution in [-0.2, 0) is 0 Å². The first kappa shape index (κ1) is 13.4. The van der Waals surface area contributed by atoms with Crippen molar-refractivity contribution in [2.75, 3.05) is 30.1 Å². The Hall–Kier alpha value is -0.680. The van der Waals surface area contributed by atoms with Gasteiger partial charge in [-0.25, -0.2) is 0 Å². The summed E-state index contributed by atoms with van der Waals surface area (Å²) in [6.07, 6.45) is 2.06. The predicted octanol–water partition coefficient (Wildman–Crippen LogP) is 2.55. The number of aliphatic imine (C=N–C) groups is 1. The molecule has 16 heavy (non-hydrogen) atoms. The third-order valence-electron chi connectivity index (χ3n) is 2.14. The second-order valence-corrected chi connectivity index (χ2v) is 4.86. The fraction of sp³-hybridized carbons (Fsp3) is 0.364. The standard InChI is InChI=1S/C11H16BrN3S/c1-15(11(13)14-7-6-12)9-4-3-5-10(8-9)16-2/h3-5,8H,6-7H2,1-2H3,(H2,13,14). The predicted molar refractivity (Wildman–Crippen MR) is 76.9 cm³/mol. The molecule has 0 spiro atoms. The third-order valence-corrected chi connectivity index (χ3v) is 3.22. The Kier molecular flexibility index (Phi) is 5.69. The van der Waals surface area contributed by atoms with Crippen LogP contribution in [0.2, 0.25) is 0 Å². The second kappa shape index (κ2) is 6.81. The van der Waals surface area contributed by atoms with Crippen molar-refractivity contribution in [3.05, 3.63) is 24.3 Å². The van der Waals surface area contributed by atoms with Gasteiger partial charge in [-0.05, 0) is 24.5 Å². The van der Waals surface area contributed by atoms with Crippen LogP contribution in [0.3, 0.4) is 0 Å². The summed E-state index contributed by atoms with van der Waals surface area (Å²) in [4.78, 5) is 7.35. The zero-order valence-corrected chi connectivity index (χ0v) is 11.9. The van der Waals surface area contributed by atoms with E-state index in [9.17, 15) is 0 Å². The number of nitrogens with two attached hydrogens (primary N) is 1. The van der Waals surface area contributed by atoms with E-state index in [1.807, 2.05) is 24.1 Å². The van der Waals surface area contributed by atoms with Crippen LogP contribution in [0.4, 0.5) is 5.69 Å². The van der Waals surface area contributed by atoms with Crippen LogP contribution in [0.1, 0.15) is 0 Å². The molecule has 1 rings (SSSR count). The van der Waals surface area contributed by atoms with E-state index in [1.165, 1.54) is 4.90 Å². The summed E-state index contributed by atoms with van der Waals surface area (Å²) >= 11 is 5.04. The maximum Gasteiger partial charge on any atom is 0.195 e. The lowest BCUT2D eigenvalue weighted by atomic mass is 10.3. The van der Waals surface area contributed by atoms with Crippen molar-refractivity contribution in [2.24, 2.45) is 10.7 Å². The highest BCUT2D eigenvalue weighted by Crippen LogP contribution is 2.21.